The fourth-order valence-electron chi connectivity index (χ4n) is 3.36. The Labute approximate surface area is 126 Å². The van der Waals surface area contributed by atoms with E-state index in [9.17, 15) is 4.39 Å². The molecule has 2 heterocycles. The normalized spacial score (nSPS) is 22.2. The third-order valence-corrected chi connectivity index (χ3v) is 4.64. The molecule has 0 N–H and O–H groups in total. The van der Waals surface area contributed by atoms with Crippen molar-refractivity contribution in [3.05, 3.63) is 30.1 Å². The van der Waals surface area contributed by atoms with E-state index in [4.69, 9.17) is 4.74 Å². The number of ether oxygens (including phenoxy) is 1. The summed E-state index contributed by atoms with van der Waals surface area (Å²) in [6, 6.07) is 6.90. The molecule has 2 aliphatic heterocycles. The quantitative estimate of drug-likeness (QED) is 0.852. The molecule has 1 aromatic carbocycles. The van der Waals surface area contributed by atoms with E-state index >= 15 is 0 Å². The van der Waals surface area contributed by atoms with Crippen LogP contribution in [-0.4, -0.2) is 50.8 Å². The summed E-state index contributed by atoms with van der Waals surface area (Å²) < 4.78 is 18.5. The van der Waals surface area contributed by atoms with Crippen molar-refractivity contribution in [2.24, 2.45) is 5.92 Å². The molecular formula is C17H25FN2O. The number of halogens is 1. The van der Waals surface area contributed by atoms with Crippen LogP contribution in [0.4, 0.5) is 10.1 Å². The fourth-order valence-corrected chi connectivity index (χ4v) is 3.36. The maximum Gasteiger partial charge on any atom is 0.123 e. The van der Waals surface area contributed by atoms with E-state index in [0.29, 0.717) is 0 Å². The zero-order valence-electron chi connectivity index (χ0n) is 12.6. The van der Waals surface area contributed by atoms with Gasteiger partial charge in [0.05, 0.1) is 0 Å². The maximum absolute atomic E-state index is 13.0. The summed E-state index contributed by atoms with van der Waals surface area (Å²) in [7, 11) is 0. The van der Waals surface area contributed by atoms with Crippen LogP contribution < -0.4 is 4.90 Å². The molecule has 3 rings (SSSR count). The Hall–Kier alpha value is -1.13. The number of rotatable bonds is 3. The lowest BCUT2D eigenvalue weighted by Gasteiger charge is -2.29. The van der Waals surface area contributed by atoms with Crippen LogP contribution in [-0.2, 0) is 4.74 Å². The van der Waals surface area contributed by atoms with Gasteiger partial charge in [0.25, 0.3) is 0 Å². The Kier molecular flexibility index (Phi) is 5.09. The van der Waals surface area contributed by atoms with Gasteiger partial charge in [-0.15, -0.1) is 0 Å². The second kappa shape index (κ2) is 7.23. The van der Waals surface area contributed by atoms with E-state index in [1.54, 1.807) is 12.1 Å². The lowest BCUT2D eigenvalue weighted by molar-refractivity contribution is 0.0534. The van der Waals surface area contributed by atoms with Gasteiger partial charge in [0, 0.05) is 45.1 Å². The second-order valence-electron chi connectivity index (χ2n) is 6.17. The highest BCUT2D eigenvalue weighted by Gasteiger charge is 2.20. The highest BCUT2D eigenvalue weighted by atomic mass is 19.1. The summed E-state index contributed by atoms with van der Waals surface area (Å²) in [4.78, 5) is 4.98. The Morgan fingerprint density at radius 2 is 1.76 bits per heavy atom. The second-order valence-corrected chi connectivity index (χ2v) is 6.17. The molecule has 0 spiro atoms. The van der Waals surface area contributed by atoms with Crippen molar-refractivity contribution in [2.75, 3.05) is 50.8 Å². The van der Waals surface area contributed by atoms with E-state index in [-0.39, 0.29) is 5.82 Å². The molecule has 116 valence electrons. The van der Waals surface area contributed by atoms with Gasteiger partial charge in [-0.2, -0.15) is 0 Å². The number of anilines is 1. The molecule has 2 aliphatic rings. The fraction of sp³-hybridized carbons (Fsp3) is 0.647. The molecule has 0 radical (unpaired) electrons. The van der Waals surface area contributed by atoms with Gasteiger partial charge in [-0.3, -0.25) is 0 Å². The van der Waals surface area contributed by atoms with Crippen LogP contribution in [0, 0.1) is 11.7 Å². The largest absolute Gasteiger partial charge is 0.381 e. The minimum Gasteiger partial charge on any atom is -0.381 e. The van der Waals surface area contributed by atoms with Gasteiger partial charge in [0.15, 0.2) is 0 Å². The van der Waals surface area contributed by atoms with Crippen LogP contribution in [0.1, 0.15) is 19.3 Å². The Balaban J connectivity index is 1.52. The molecule has 0 aliphatic carbocycles. The molecule has 0 bridgehead atoms. The smallest absolute Gasteiger partial charge is 0.123 e. The third-order valence-electron chi connectivity index (χ3n) is 4.64. The van der Waals surface area contributed by atoms with Crippen LogP contribution in [0.15, 0.2) is 24.3 Å². The van der Waals surface area contributed by atoms with Crippen LogP contribution in [0.25, 0.3) is 0 Å². The molecule has 0 unspecified atom stereocenters. The zero-order chi connectivity index (χ0) is 14.5. The lowest BCUT2D eigenvalue weighted by Crippen LogP contribution is -2.35. The van der Waals surface area contributed by atoms with Gasteiger partial charge in [0.1, 0.15) is 5.82 Å². The maximum atomic E-state index is 13.0. The summed E-state index contributed by atoms with van der Waals surface area (Å²) >= 11 is 0. The summed E-state index contributed by atoms with van der Waals surface area (Å²) in [6.07, 6.45) is 3.59. The van der Waals surface area contributed by atoms with Crippen molar-refractivity contribution in [2.45, 2.75) is 19.3 Å². The summed E-state index contributed by atoms with van der Waals surface area (Å²) in [5.74, 6) is 0.644. The lowest BCUT2D eigenvalue weighted by atomic mass is 10.00. The van der Waals surface area contributed by atoms with E-state index in [2.05, 4.69) is 9.80 Å². The molecule has 1 aromatic rings. The summed E-state index contributed by atoms with van der Waals surface area (Å²) in [5.41, 5.74) is 1.14. The SMILES string of the molecule is Fc1ccc(N2CCCN(CC3CCOCC3)CC2)cc1. The molecule has 2 fully saturated rings. The topological polar surface area (TPSA) is 15.7 Å². The molecule has 0 aromatic heterocycles. The molecule has 3 nitrogen and oxygen atoms in total. The number of benzene rings is 1. The van der Waals surface area contributed by atoms with Crippen molar-refractivity contribution in [3.63, 3.8) is 0 Å². The molecule has 4 heteroatoms. The molecule has 2 saturated heterocycles. The first-order valence-electron chi connectivity index (χ1n) is 8.12. The number of hydrogen-bond acceptors (Lipinski definition) is 3. The highest BCUT2D eigenvalue weighted by Crippen LogP contribution is 2.20. The zero-order valence-corrected chi connectivity index (χ0v) is 12.6. The van der Waals surface area contributed by atoms with Crippen molar-refractivity contribution in [1.82, 2.24) is 4.90 Å². The van der Waals surface area contributed by atoms with Crippen LogP contribution in [0.3, 0.4) is 0 Å². The van der Waals surface area contributed by atoms with Crippen molar-refractivity contribution in [1.29, 1.82) is 0 Å². The Bertz CT molecular complexity index is 431. The summed E-state index contributed by atoms with van der Waals surface area (Å²) in [5, 5.41) is 0. The monoisotopic (exact) mass is 292 g/mol. The Morgan fingerprint density at radius 1 is 1.00 bits per heavy atom. The predicted octanol–water partition coefficient (Wildman–Crippen LogP) is 2.76. The average Bonchev–Trinajstić information content (AvgIpc) is 2.75. The molecule has 0 atom stereocenters. The molecule has 0 amide bonds. The molecule has 0 saturated carbocycles. The van der Waals surface area contributed by atoms with Gasteiger partial charge in [-0.05, 0) is 56.0 Å². The number of hydrogen-bond donors (Lipinski definition) is 0. The summed E-state index contributed by atoms with van der Waals surface area (Å²) in [6.45, 7) is 7.45. The van der Waals surface area contributed by atoms with E-state index in [0.717, 1.165) is 44.5 Å². The van der Waals surface area contributed by atoms with Crippen LogP contribution >= 0.6 is 0 Å². The van der Waals surface area contributed by atoms with Gasteiger partial charge in [-0.25, -0.2) is 4.39 Å². The molecular weight excluding hydrogens is 267 g/mol. The van der Waals surface area contributed by atoms with Gasteiger partial charge in [-0.1, -0.05) is 0 Å². The third kappa shape index (κ3) is 4.17. The van der Waals surface area contributed by atoms with Gasteiger partial charge in [0.2, 0.25) is 0 Å². The average molecular weight is 292 g/mol. The van der Waals surface area contributed by atoms with Gasteiger partial charge < -0.3 is 14.5 Å². The van der Waals surface area contributed by atoms with Crippen LogP contribution in [0.5, 0.6) is 0 Å². The first kappa shape index (κ1) is 14.8. The van der Waals surface area contributed by atoms with Crippen molar-refractivity contribution in [3.8, 4) is 0 Å². The van der Waals surface area contributed by atoms with Crippen LogP contribution in [0.2, 0.25) is 0 Å². The first-order valence-corrected chi connectivity index (χ1v) is 8.12. The number of nitrogens with zero attached hydrogens (tertiary/aromatic N) is 2. The highest BCUT2D eigenvalue weighted by molar-refractivity contribution is 5.46. The van der Waals surface area contributed by atoms with E-state index in [1.165, 1.54) is 32.4 Å². The minimum atomic E-state index is -0.158. The molecule has 21 heavy (non-hydrogen) atoms. The predicted molar refractivity (Wildman–Crippen MR) is 83.2 cm³/mol. The van der Waals surface area contributed by atoms with E-state index < -0.39 is 0 Å². The van der Waals surface area contributed by atoms with Gasteiger partial charge >= 0.3 is 0 Å². The minimum absolute atomic E-state index is 0.158. The van der Waals surface area contributed by atoms with Crippen molar-refractivity contribution < 1.29 is 9.13 Å². The van der Waals surface area contributed by atoms with Crippen molar-refractivity contribution >= 4 is 5.69 Å². The van der Waals surface area contributed by atoms with E-state index in [1.807, 2.05) is 12.1 Å². The standard InChI is InChI=1S/C17H25FN2O/c18-16-2-4-17(5-3-16)20-9-1-8-19(10-11-20)14-15-6-12-21-13-7-15/h2-5,15H,1,6-14H2. The Morgan fingerprint density at radius 3 is 2.52 bits per heavy atom. The first-order chi connectivity index (χ1) is 10.3.